The summed E-state index contributed by atoms with van der Waals surface area (Å²) >= 11 is 0. The molecule has 0 aliphatic carbocycles. The first kappa shape index (κ1) is 14.0. The maximum atomic E-state index is 2.45. The summed E-state index contributed by atoms with van der Waals surface area (Å²) in [4.78, 5) is 0. The van der Waals surface area contributed by atoms with Gasteiger partial charge in [-0.25, -0.2) is 0 Å². The molecule has 0 fully saturated rings. The summed E-state index contributed by atoms with van der Waals surface area (Å²) in [7, 11) is 0. The molecule has 14 heavy (non-hydrogen) atoms. The smallest absolute Gasteiger partial charge is 0.0363 e. The van der Waals surface area contributed by atoms with Crippen molar-refractivity contribution in [1.29, 1.82) is 0 Å². The van der Waals surface area contributed by atoms with E-state index in [0.717, 1.165) is 29.6 Å². The van der Waals surface area contributed by atoms with Gasteiger partial charge in [-0.1, -0.05) is 61.3 Å². The van der Waals surface area contributed by atoms with Crippen LogP contribution in [-0.2, 0) is 0 Å². The first-order valence-corrected chi connectivity index (χ1v) is 6.41. The summed E-state index contributed by atoms with van der Waals surface area (Å²) in [5, 5.41) is 0. The lowest BCUT2D eigenvalue weighted by molar-refractivity contribution is 0.159. The molecule has 0 nitrogen and oxygen atoms in total. The Labute approximate surface area is 91.5 Å². The van der Waals surface area contributed by atoms with Crippen molar-refractivity contribution in [2.24, 2.45) is 29.6 Å². The molecular formula is C14H30. The van der Waals surface area contributed by atoms with Crippen LogP contribution in [0.1, 0.15) is 61.3 Å². The summed E-state index contributed by atoms with van der Waals surface area (Å²) in [6.45, 7) is 16.6. The Balaban J connectivity index is 4.34. The third kappa shape index (κ3) is 4.02. The predicted molar refractivity (Wildman–Crippen MR) is 66.4 cm³/mol. The fourth-order valence-corrected chi connectivity index (χ4v) is 2.53. The summed E-state index contributed by atoms with van der Waals surface area (Å²) in [6.07, 6.45) is 2.73. The van der Waals surface area contributed by atoms with Gasteiger partial charge in [0.1, 0.15) is 0 Å². The van der Waals surface area contributed by atoms with Crippen LogP contribution in [0.3, 0.4) is 0 Å². The van der Waals surface area contributed by atoms with Crippen LogP contribution in [0.2, 0.25) is 0 Å². The maximum Gasteiger partial charge on any atom is -0.0363 e. The zero-order chi connectivity index (χ0) is 11.3. The summed E-state index contributed by atoms with van der Waals surface area (Å²) in [6, 6.07) is 0. The van der Waals surface area contributed by atoms with Crippen molar-refractivity contribution in [2.75, 3.05) is 0 Å². The van der Waals surface area contributed by atoms with E-state index in [4.69, 9.17) is 0 Å². The maximum absolute atomic E-state index is 2.45. The van der Waals surface area contributed by atoms with Crippen molar-refractivity contribution in [2.45, 2.75) is 61.3 Å². The van der Waals surface area contributed by atoms with Crippen LogP contribution >= 0.6 is 0 Å². The van der Waals surface area contributed by atoms with Gasteiger partial charge >= 0.3 is 0 Å². The van der Waals surface area contributed by atoms with Crippen molar-refractivity contribution in [3.05, 3.63) is 0 Å². The Morgan fingerprint density at radius 2 is 1.21 bits per heavy atom. The Bertz CT molecular complexity index is 135. The van der Waals surface area contributed by atoms with Gasteiger partial charge in [0.2, 0.25) is 0 Å². The molecule has 0 rings (SSSR count). The molecule has 0 N–H and O–H groups in total. The molecule has 0 spiro atoms. The minimum absolute atomic E-state index is 0.822. The molecule has 86 valence electrons. The largest absolute Gasteiger partial charge is 0.0654 e. The van der Waals surface area contributed by atoms with E-state index in [9.17, 15) is 0 Å². The molecule has 0 aromatic rings. The van der Waals surface area contributed by atoms with Crippen molar-refractivity contribution < 1.29 is 0 Å². The Morgan fingerprint density at radius 1 is 0.714 bits per heavy atom. The summed E-state index contributed by atoms with van der Waals surface area (Å²) in [5.74, 6) is 4.30. The summed E-state index contributed by atoms with van der Waals surface area (Å²) in [5.41, 5.74) is 0. The quantitative estimate of drug-likeness (QED) is 0.564. The van der Waals surface area contributed by atoms with Crippen molar-refractivity contribution in [1.82, 2.24) is 0 Å². The van der Waals surface area contributed by atoms with Crippen LogP contribution in [0.15, 0.2) is 0 Å². The first-order valence-electron chi connectivity index (χ1n) is 6.41. The molecule has 0 heteroatoms. The lowest BCUT2D eigenvalue weighted by Crippen LogP contribution is -2.26. The van der Waals surface area contributed by atoms with Crippen molar-refractivity contribution in [3.8, 4) is 0 Å². The van der Waals surface area contributed by atoms with Gasteiger partial charge in [-0.3, -0.25) is 0 Å². The van der Waals surface area contributed by atoms with Gasteiger partial charge in [0.15, 0.2) is 0 Å². The van der Waals surface area contributed by atoms with Gasteiger partial charge in [-0.05, 0) is 29.6 Å². The van der Waals surface area contributed by atoms with E-state index in [1.54, 1.807) is 0 Å². The topological polar surface area (TPSA) is 0 Å². The third-order valence-corrected chi connectivity index (χ3v) is 4.03. The zero-order valence-electron chi connectivity index (χ0n) is 11.3. The number of hydrogen-bond donors (Lipinski definition) is 0. The van der Waals surface area contributed by atoms with Crippen molar-refractivity contribution >= 4 is 0 Å². The molecule has 0 saturated carbocycles. The second kappa shape index (κ2) is 6.48. The minimum atomic E-state index is 0.822. The normalized spacial score (nSPS) is 18.6. The van der Waals surface area contributed by atoms with Gasteiger partial charge < -0.3 is 0 Å². The van der Waals surface area contributed by atoms with Crippen LogP contribution in [-0.4, -0.2) is 0 Å². The summed E-state index contributed by atoms with van der Waals surface area (Å²) < 4.78 is 0. The molecule has 0 radical (unpaired) electrons. The van der Waals surface area contributed by atoms with Gasteiger partial charge in [-0.15, -0.1) is 0 Å². The number of rotatable bonds is 6. The molecular weight excluding hydrogens is 168 g/mol. The molecule has 0 bridgehead atoms. The minimum Gasteiger partial charge on any atom is -0.0654 e. The van der Waals surface area contributed by atoms with Crippen LogP contribution in [0.5, 0.6) is 0 Å². The van der Waals surface area contributed by atoms with E-state index in [1.807, 2.05) is 0 Å². The van der Waals surface area contributed by atoms with Crippen LogP contribution in [0.4, 0.5) is 0 Å². The highest BCUT2D eigenvalue weighted by Crippen LogP contribution is 2.33. The van der Waals surface area contributed by atoms with Gasteiger partial charge in [0, 0.05) is 0 Å². The predicted octanol–water partition coefficient (Wildman–Crippen LogP) is 4.99. The first-order chi connectivity index (χ1) is 6.41. The fraction of sp³-hybridized carbons (Fsp3) is 1.00. The van der Waals surface area contributed by atoms with Crippen LogP contribution in [0, 0.1) is 29.6 Å². The second-order valence-electron chi connectivity index (χ2n) is 5.66. The highest BCUT2D eigenvalue weighted by Gasteiger charge is 2.26. The van der Waals surface area contributed by atoms with Crippen molar-refractivity contribution in [3.63, 3.8) is 0 Å². The van der Waals surface area contributed by atoms with E-state index in [2.05, 4.69) is 48.5 Å². The van der Waals surface area contributed by atoms with E-state index < -0.39 is 0 Å². The molecule has 0 saturated heterocycles. The van der Waals surface area contributed by atoms with Crippen LogP contribution in [0.25, 0.3) is 0 Å². The molecule has 3 unspecified atom stereocenters. The zero-order valence-corrected chi connectivity index (χ0v) is 11.3. The van der Waals surface area contributed by atoms with E-state index >= 15 is 0 Å². The third-order valence-electron chi connectivity index (χ3n) is 4.03. The van der Waals surface area contributed by atoms with Gasteiger partial charge in [0.05, 0.1) is 0 Å². The Morgan fingerprint density at radius 3 is 1.50 bits per heavy atom. The number of hydrogen-bond acceptors (Lipinski definition) is 0. The SMILES string of the molecule is CCCC(C(C)C)C(C)C(C)C(C)C. The van der Waals surface area contributed by atoms with E-state index in [0.29, 0.717) is 0 Å². The Hall–Kier alpha value is 0. The molecule has 0 heterocycles. The monoisotopic (exact) mass is 198 g/mol. The average molecular weight is 198 g/mol. The highest BCUT2D eigenvalue weighted by molar-refractivity contribution is 4.75. The van der Waals surface area contributed by atoms with E-state index in [1.165, 1.54) is 12.8 Å². The van der Waals surface area contributed by atoms with Crippen LogP contribution < -0.4 is 0 Å². The fourth-order valence-electron chi connectivity index (χ4n) is 2.53. The molecule has 0 aromatic heterocycles. The standard InChI is InChI=1S/C14H30/c1-8-9-14(11(4)5)13(7)12(6)10(2)3/h10-14H,8-9H2,1-7H3. The molecule has 0 aromatic carbocycles. The highest BCUT2D eigenvalue weighted by atomic mass is 14.3. The lowest BCUT2D eigenvalue weighted by atomic mass is 9.72. The molecule has 0 amide bonds. The Kier molecular flexibility index (Phi) is 6.48. The molecule has 0 aliphatic rings. The second-order valence-corrected chi connectivity index (χ2v) is 5.66. The van der Waals surface area contributed by atoms with E-state index in [-0.39, 0.29) is 0 Å². The van der Waals surface area contributed by atoms with Gasteiger partial charge in [0.25, 0.3) is 0 Å². The molecule has 3 atom stereocenters. The molecule has 0 aliphatic heterocycles. The lowest BCUT2D eigenvalue weighted by Gasteiger charge is -2.33. The average Bonchev–Trinajstić information content (AvgIpc) is 2.11. The van der Waals surface area contributed by atoms with Gasteiger partial charge in [-0.2, -0.15) is 0 Å².